The van der Waals surface area contributed by atoms with E-state index in [9.17, 15) is 23.2 Å². The molecule has 3 N–H and O–H groups in total. The standard InChI is InChI=1S/C24H21F2N3O6/c25-20(26)9-18(22(30)27-10-19-21(23(31)32)28-12-35-19)29-24(33)34-11-17-15-7-3-1-5-13(15)14-6-2-4-8-16(14)17/h1-8,12,17-18,20H,9-11H2,(H,27,30)(H,29,33)(H,31,32). The molecule has 0 bridgehead atoms. The van der Waals surface area contributed by atoms with Crippen LogP contribution in [0.25, 0.3) is 11.1 Å². The molecule has 0 saturated heterocycles. The first kappa shape index (κ1) is 23.9. The van der Waals surface area contributed by atoms with Crippen molar-refractivity contribution in [1.29, 1.82) is 0 Å². The van der Waals surface area contributed by atoms with E-state index in [-0.39, 0.29) is 18.3 Å². The van der Waals surface area contributed by atoms with Crippen molar-refractivity contribution in [3.05, 3.63) is 77.5 Å². The number of oxazole rings is 1. The average molecular weight is 485 g/mol. The van der Waals surface area contributed by atoms with Crippen molar-refractivity contribution in [3.63, 3.8) is 0 Å². The lowest BCUT2D eigenvalue weighted by atomic mass is 9.98. The van der Waals surface area contributed by atoms with Gasteiger partial charge in [-0.15, -0.1) is 0 Å². The molecular formula is C24H21F2N3O6. The second-order valence-electron chi connectivity index (χ2n) is 7.80. The van der Waals surface area contributed by atoms with Gasteiger partial charge in [-0.05, 0) is 22.3 Å². The molecule has 2 amide bonds. The van der Waals surface area contributed by atoms with Crippen LogP contribution >= 0.6 is 0 Å². The highest BCUT2D eigenvalue weighted by molar-refractivity contribution is 5.87. The Labute approximate surface area is 198 Å². The lowest BCUT2D eigenvalue weighted by Gasteiger charge is -2.19. The highest BCUT2D eigenvalue weighted by atomic mass is 19.3. The maximum atomic E-state index is 13.1. The fourth-order valence-corrected chi connectivity index (χ4v) is 4.05. The number of alkyl carbamates (subject to hydrolysis) is 1. The Balaban J connectivity index is 1.39. The Bertz CT molecular complexity index is 1200. The van der Waals surface area contributed by atoms with E-state index < -0.39 is 49.1 Å². The van der Waals surface area contributed by atoms with Crippen LogP contribution in [0.15, 0.2) is 59.3 Å². The van der Waals surface area contributed by atoms with Gasteiger partial charge in [-0.3, -0.25) is 4.79 Å². The number of carboxylic acids is 1. The van der Waals surface area contributed by atoms with Gasteiger partial charge in [0.1, 0.15) is 12.6 Å². The smallest absolute Gasteiger partial charge is 0.407 e. The maximum absolute atomic E-state index is 13.1. The van der Waals surface area contributed by atoms with Crippen LogP contribution in [0.5, 0.6) is 0 Å². The van der Waals surface area contributed by atoms with Gasteiger partial charge in [-0.25, -0.2) is 23.4 Å². The molecule has 1 atom stereocenters. The highest BCUT2D eigenvalue weighted by Gasteiger charge is 2.30. The van der Waals surface area contributed by atoms with Gasteiger partial charge < -0.3 is 24.9 Å². The Kier molecular flexibility index (Phi) is 7.04. The summed E-state index contributed by atoms with van der Waals surface area (Å²) in [6, 6.07) is 13.8. The molecule has 0 fully saturated rings. The number of amides is 2. The second-order valence-corrected chi connectivity index (χ2v) is 7.80. The molecule has 0 aliphatic heterocycles. The van der Waals surface area contributed by atoms with E-state index in [0.717, 1.165) is 28.6 Å². The van der Waals surface area contributed by atoms with Gasteiger partial charge in [-0.1, -0.05) is 48.5 Å². The number of ether oxygens (including phenoxy) is 1. The predicted octanol–water partition coefficient (Wildman–Crippen LogP) is 3.55. The van der Waals surface area contributed by atoms with Gasteiger partial charge in [0.2, 0.25) is 12.3 Å². The number of halogens is 2. The van der Waals surface area contributed by atoms with Gasteiger partial charge >= 0.3 is 12.1 Å². The minimum absolute atomic E-state index is 0.0527. The average Bonchev–Trinajstić information content (AvgIpc) is 3.43. The minimum atomic E-state index is -2.89. The molecule has 11 heteroatoms. The van der Waals surface area contributed by atoms with Crippen LogP contribution in [0.1, 0.15) is 39.7 Å². The van der Waals surface area contributed by atoms with Crippen molar-refractivity contribution < 1.29 is 37.4 Å². The molecule has 182 valence electrons. The first-order valence-electron chi connectivity index (χ1n) is 10.7. The number of carbonyl (C=O) groups is 3. The highest BCUT2D eigenvalue weighted by Crippen LogP contribution is 2.44. The van der Waals surface area contributed by atoms with Crippen LogP contribution in [0.3, 0.4) is 0 Å². The molecule has 1 unspecified atom stereocenters. The number of nitrogens with one attached hydrogen (secondary N) is 2. The number of rotatable bonds is 9. The van der Waals surface area contributed by atoms with E-state index in [1.165, 1.54) is 0 Å². The third kappa shape index (κ3) is 5.29. The van der Waals surface area contributed by atoms with Crippen LogP contribution in [0.4, 0.5) is 13.6 Å². The lowest BCUT2D eigenvalue weighted by molar-refractivity contribution is -0.124. The summed E-state index contributed by atoms with van der Waals surface area (Å²) in [7, 11) is 0. The summed E-state index contributed by atoms with van der Waals surface area (Å²) in [4.78, 5) is 39.5. The number of nitrogens with zero attached hydrogens (tertiary/aromatic N) is 1. The van der Waals surface area contributed by atoms with Crippen molar-refractivity contribution in [2.45, 2.75) is 31.4 Å². The molecular weight excluding hydrogens is 464 g/mol. The maximum Gasteiger partial charge on any atom is 0.407 e. The van der Waals surface area contributed by atoms with Crippen LogP contribution in [-0.4, -0.2) is 47.1 Å². The zero-order valence-electron chi connectivity index (χ0n) is 18.2. The summed E-state index contributed by atoms with van der Waals surface area (Å²) in [6.07, 6.45) is -3.99. The van der Waals surface area contributed by atoms with Crippen molar-refractivity contribution in [1.82, 2.24) is 15.6 Å². The van der Waals surface area contributed by atoms with Crippen LogP contribution in [0, 0.1) is 0 Å². The third-order valence-electron chi connectivity index (χ3n) is 5.63. The second kappa shape index (κ2) is 10.3. The molecule has 0 radical (unpaired) electrons. The monoisotopic (exact) mass is 485 g/mol. The Morgan fingerprint density at radius 2 is 1.69 bits per heavy atom. The number of aromatic nitrogens is 1. The number of aromatic carboxylic acids is 1. The van der Waals surface area contributed by atoms with Crippen LogP contribution in [-0.2, 0) is 16.1 Å². The number of benzene rings is 2. The van der Waals surface area contributed by atoms with Crippen molar-refractivity contribution >= 4 is 18.0 Å². The molecule has 0 saturated carbocycles. The summed E-state index contributed by atoms with van der Waals surface area (Å²) < 4.78 is 36.4. The molecule has 1 heterocycles. The largest absolute Gasteiger partial charge is 0.476 e. The SMILES string of the molecule is O=C(NC(CC(F)F)C(=O)NCc1ocnc1C(=O)O)OCC1c2ccccc2-c2ccccc21. The number of hydrogen-bond acceptors (Lipinski definition) is 6. The molecule has 1 aliphatic carbocycles. The molecule has 0 spiro atoms. The number of carbonyl (C=O) groups excluding carboxylic acids is 2. The Morgan fingerprint density at radius 3 is 2.29 bits per heavy atom. The third-order valence-corrected chi connectivity index (χ3v) is 5.63. The van der Waals surface area contributed by atoms with Gasteiger partial charge in [0, 0.05) is 12.3 Å². The first-order valence-corrected chi connectivity index (χ1v) is 10.7. The van der Waals surface area contributed by atoms with E-state index in [1.54, 1.807) is 0 Å². The summed E-state index contributed by atoms with van der Waals surface area (Å²) in [5.41, 5.74) is 3.59. The van der Waals surface area contributed by atoms with Gasteiger partial charge in [0.25, 0.3) is 0 Å². The summed E-state index contributed by atoms with van der Waals surface area (Å²) in [6.45, 7) is -0.463. The van der Waals surface area contributed by atoms with E-state index in [1.807, 2.05) is 48.5 Å². The number of carboxylic acid groups (broad SMARTS) is 1. The zero-order valence-corrected chi connectivity index (χ0v) is 18.2. The van der Waals surface area contributed by atoms with Gasteiger partial charge in [0.15, 0.2) is 17.8 Å². The zero-order chi connectivity index (χ0) is 24.9. The summed E-state index contributed by atoms with van der Waals surface area (Å²) in [5, 5.41) is 13.5. The molecule has 2 aromatic carbocycles. The fraction of sp³-hybridized carbons (Fsp3) is 0.250. The number of hydrogen-bond donors (Lipinski definition) is 3. The van der Waals surface area contributed by atoms with E-state index in [0.29, 0.717) is 0 Å². The molecule has 35 heavy (non-hydrogen) atoms. The Hall–Kier alpha value is -4.28. The summed E-state index contributed by atoms with van der Waals surface area (Å²) >= 11 is 0. The fourth-order valence-electron chi connectivity index (χ4n) is 4.05. The topological polar surface area (TPSA) is 131 Å². The van der Waals surface area contributed by atoms with E-state index in [2.05, 4.69) is 15.6 Å². The minimum Gasteiger partial charge on any atom is -0.476 e. The number of alkyl halides is 2. The molecule has 1 aliphatic rings. The van der Waals surface area contributed by atoms with Crippen molar-refractivity contribution in [2.24, 2.45) is 0 Å². The first-order chi connectivity index (χ1) is 16.8. The molecule has 3 aromatic rings. The Morgan fingerprint density at radius 1 is 1.06 bits per heavy atom. The molecule has 1 aromatic heterocycles. The quantitative estimate of drug-likeness (QED) is 0.422. The van der Waals surface area contributed by atoms with Crippen molar-refractivity contribution in [2.75, 3.05) is 6.61 Å². The normalized spacial score (nSPS) is 13.1. The molecule has 4 rings (SSSR count). The van der Waals surface area contributed by atoms with Crippen LogP contribution in [0.2, 0.25) is 0 Å². The van der Waals surface area contributed by atoms with E-state index in [4.69, 9.17) is 14.3 Å². The molecule has 9 nitrogen and oxygen atoms in total. The number of fused-ring (bicyclic) bond motifs is 3. The van der Waals surface area contributed by atoms with Gasteiger partial charge in [0.05, 0.1) is 6.54 Å². The van der Waals surface area contributed by atoms with Gasteiger partial charge in [-0.2, -0.15) is 0 Å². The van der Waals surface area contributed by atoms with E-state index >= 15 is 0 Å². The van der Waals surface area contributed by atoms with Crippen molar-refractivity contribution in [3.8, 4) is 11.1 Å². The van der Waals surface area contributed by atoms with Crippen LogP contribution < -0.4 is 10.6 Å². The summed E-state index contributed by atoms with van der Waals surface area (Å²) in [5.74, 6) is -2.73. The predicted molar refractivity (Wildman–Crippen MR) is 118 cm³/mol. The lowest BCUT2D eigenvalue weighted by Crippen LogP contribution is -2.47.